The number of phenolic OH excluding ortho intramolecular Hbond substituents is 1. The van der Waals surface area contributed by atoms with Crippen molar-refractivity contribution in [2.45, 2.75) is 0 Å². The lowest BCUT2D eigenvalue weighted by molar-refractivity contribution is 0.475. The minimum Gasteiger partial charge on any atom is -0.508 e. The molecule has 0 atom stereocenters. The molecule has 0 bridgehead atoms. The van der Waals surface area contributed by atoms with Gasteiger partial charge in [0.15, 0.2) is 0 Å². The van der Waals surface area contributed by atoms with Crippen LogP contribution in [0.4, 0.5) is 5.82 Å². The number of hydrogen-bond donors (Lipinski definition) is 2. The van der Waals surface area contributed by atoms with E-state index in [1.807, 2.05) is 6.07 Å². The van der Waals surface area contributed by atoms with E-state index in [2.05, 4.69) is 5.10 Å². The predicted molar refractivity (Wildman–Crippen MR) is 49.6 cm³/mol. The number of nitrogens with zero attached hydrogens (tertiary/aromatic N) is 2. The van der Waals surface area contributed by atoms with Crippen LogP contribution in [0.15, 0.2) is 36.5 Å². The van der Waals surface area contributed by atoms with Gasteiger partial charge in [-0.05, 0) is 12.1 Å². The molecule has 3 N–H and O–H groups in total. The molecule has 0 aliphatic carbocycles. The van der Waals surface area contributed by atoms with Gasteiger partial charge in [0.05, 0.1) is 5.69 Å². The molecule has 0 saturated carbocycles. The number of benzene rings is 1. The fourth-order valence-electron chi connectivity index (χ4n) is 1.12. The molecule has 0 spiro atoms. The van der Waals surface area contributed by atoms with Crippen molar-refractivity contribution >= 4 is 5.82 Å². The summed E-state index contributed by atoms with van der Waals surface area (Å²) in [5.41, 5.74) is 6.25. The third-order valence-electron chi connectivity index (χ3n) is 1.70. The second-order valence-electron chi connectivity index (χ2n) is 2.71. The summed E-state index contributed by atoms with van der Waals surface area (Å²) in [5, 5.41) is 13.2. The largest absolute Gasteiger partial charge is 0.508 e. The summed E-state index contributed by atoms with van der Waals surface area (Å²) < 4.78 is 1.61. The number of rotatable bonds is 1. The molecule has 4 heteroatoms. The third-order valence-corrected chi connectivity index (χ3v) is 1.70. The van der Waals surface area contributed by atoms with E-state index in [4.69, 9.17) is 5.73 Å². The van der Waals surface area contributed by atoms with Crippen LogP contribution in [0.5, 0.6) is 5.75 Å². The summed E-state index contributed by atoms with van der Waals surface area (Å²) in [6, 6.07) is 8.52. The van der Waals surface area contributed by atoms with Crippen molar-refractivity contribution in [1.29, 1.82) is 0 Å². The van der Waals surface area contributed by atoms with E-state index >= 15 is 0 Å². The van der Waals surface area contributed by atoms with Crippen molar-refractivity contribution in [3.05, 3.63) is 36.5 Å². The highest BCUT2D eigenvalue weighted by molar-refractivity contribution is 5.39. The molecule has 1 aromatic carbocycles. The lowest BCUT2D eigenvalue weighted by Crippen LogP contribution is -1.95. The number of aromatic nitrogens is 2. The van der Waals surface area contributed by atoms with Gasteiger partial charge in [0.1, 0.15) is 11.6 Å². The molecule has 2 rings (SSSR count). The first-order valence-corrected chi connectivity index (χ1v) is 3.86. The molecule has 0 radical (unpaired) electrons. The Kier molecular flexibility index (Phi) is 1.66. The van der Waals surface area contributed by atoms with Crippen LogP contribution >= 0.6 is 0 Å². The zero-order valence-corrected chi connectivity index (χ0v) is 6.88. The smallest absolute Gasteiger partial charge is 0.145 e. The van der Waals surface area contributed by atoms with Crippen molar-refractivity contribution in [3.63, 3.8) is 0 Å². The van der Waals surface area contributed by atoms with Gasteiger partial charge in [-0.25, -0.2) is 4.68 Å². The van der Waals surface area contributed by atoms with Gasteiger partial charge in [0, 0.05) is 18.3 Å². The molecule has 1 heterocycles. The van der Waals surface area contributed by atoms with Crippen molar-refractivity contribution in [3.8, 4) is 11.4 Å². The van der Waals surface area contributed by atoms with E-state index in [9.17, 15) is 5.11 Å². The summed E-state index contributed by atoms with van der Waals surface area (Å²) in [4.78, 5) is 0. The average molecular weight is 175 g/mol. The summed E-state index contributed by atoms with van der Waals surface area (Å²) >= 11 is 0. The fraction of sp³-hybridized carbons (Fsp3) is 0. The molecule has 0 fully saturated rings. The molecular weight excluding hydrogens is 166 g/mol. The van der Waals surface area contributed by atoms with Crippen LogP contribution in [-0.2, 0) is 0 Å². The number of aromatic hydroxyl groups is 1. The zero-order chi connectivity index (χ0) is 9.26. The van der Waals surface area contributed by atoms with Crippen LogP contribution in [0.2, 0.25) is 0 Å². The highest BCUT2D eigenvalue weighted by Crippen LogP contribution is 2.14. The van der Waals surface area contributed by atoms with Gasteiger partial charge in [-0.1, -0.05) is 6.07 Å². The molecule has 0 saturated heterocycles. The molecule has 0 amide bonds. The number of nitrogen functional groups attached to an aromatic ring is 1. The summed E-state index contributed by atoms with van der Waals surface area (Å²) in [6.07, 6.45) is 1.74. The predicted octanol–water partition coefficient (Wildman–Crippen LogP) is 1.16. The van der Waals surface area contributed by atoms with Crippen LogP contribution in [0.25, 0.3) is 5.69 Å². The first kappa shape index (κ1) is 7.67. The molecule has 2 aromatic rings. The monoisotopic (exact) mass is 175 g/mol. The second kappa shape index (κ2) is 2.82. The minimum absolute atomic E-state index is 0.214. The molecule has 0 aliphatic heterocycles. The van der Waals surface area contributed by atoms with E-state index in [1.54, 1.807) is 35.1 Å². The van der Waals surface area contributed by atoms with Gasteiger partial charge in [-0.15, -0.1) is 0 Å². The average Bonchev–Trinajstić information content (AvgIpc) is 2.52. The molecule has 0 aliphatic rings. The van der Waals surface area contributed by atoms with E-state index in [0.29, 0.717) is 5.82 Å². The van der Waals surface area contributed by atoms with E-state index in [-0.39, 0.29) is 5.75 Å². The van der Waals surface area contributed by atoms with Gasteiger partial charge in [-0.2, -0.15) is 5.10 Å². The Balaban J connectivity index is 2.46. The molecule has 4 nitrogen and oxygen atoms in total. The second-order valence-corrected chi connectivity index (χ2v) is 2.71. The maximum atomic E-state index is 9.21. The van der Waals surface area contributed by atoms with Crippen molar-refractivity contribution in [2.24, 2.45) is 0 Å². The van der Waals surface area contributed by atoms with Crippen molar-refractivity contribution < 1.29 is 5.11 Å². The highest BCUT2D eigenvalue weighted by atomic mass is 16.3. The molecule has 66 valence electrons. The first-order valence-electron chi connectivity index (χ1n) is 3.86. The van der Waals surface area contributed by atoms with Crippen LogP contribution in [0, 0.1) is 0 Å². The number of nitrogens with two attached hydrogens (primary N) is 1. The number of phenols is 1. The first-order chi connectivity index (χ1) is 6.25. The summed E-state index contributed by atoms with van der Waals surface area (Å²) in [7, 11) is 0. The molecule has 0 unspecified atom stereocenters. The van der Waals surface area contributed by atoms with Crippen LogP contribution in [-0.4, -0.2) is 14.9 Å². The Morgan fingerprint density at radius 3 is 2.77 bits per heavy atom. The van der Waals surface area contributed by atoms with Gasteiger partial charge in [0.25, 0.3) is 0 Å². The maximum Gasteiger partial charge on any atom is 0.145 e. The quantitative estimate of drug-likeness (QED) is 0.683. The van der Waals surface area contributed by atoms with Gasteiger partial charge in [0.2, 0.25) is 0 Å². The fourth-order valence-corrected chi connectivity index (χ4v) is 1.12. The SMILES string of the molecule is Nc1ccn(-c2cccc(O)c2)n1. The van der Waals surface area contributed by atoms with Crippen LogP contribution < -0.4 is 5.73 Å². The standard InChI is InChI=1S/C9H9N3O/c10-9-4-5-12(11-9)7-2-1-3-8(13)6-7/h1-6,13H,(H2,10,11). The van der Waals surface area contributed by atoms with E-state index in [0.717, 1.165) is 5.69 Å². The Morgan fingerprint density at radius 1 is 1.31 bits per heavy atom. The molecule has 1 aromatic heterocycles. The number of hydrogen-bond acceptors (Lipinski definition) is 3. The number of anilines is 1. The minimum atomic E-state index is 0.214. The zero-order valence-electron chi connectivity index (χ0n) is 6.88. The van der Waals surface area contributed by atoms with Gasteiger partial charge < -0.3 is 10.8 Å². The van der Waals surface area contributed by atoms with E-state index in [1.165, 1.54) is 0 Å². The lowest BCUT2D eigenvalue weighted by Gasteiger charge is -2.00. The van der Waals surface area contributed by atoms with Gasteiger partial charge >= 0.3 is 0 Å². The topological polar surface area (TPSA) is 64.1 Å². The highest BCUT2D eigenvalue weighted by Gasteiger charge is 1.98. The Hall–Kier alpha value is -1.97. The Morgan fingerprint density at radius 2 is 2.15 bits per heavy atom. The maximum absolute atomic E-state index is 9.21. The van der Waals surface area contributed by atoms with E-state index < -0.39 is 0 Å². The molecule has 13 heavy (non-hydrogen) atoms. The third kappa shape index (κ3) is 1.46. The van der Waals surface area contributed by atoms with Crippen molar-refractivity contribution in [2.75, 3.05) is 5.73 Å². The normalized spacial score (nSPS) is 10.2. The Bertz CT molecular complexity index is 422. The summed E-state index contributed by atoms with van der Waals surface area (Å²) in [5.74, 6) is 0.676. The summed E-state index contributed by atoms with van der Waals surface area (Å²) in [6.45, 7) is 0. The van der Waals surface area contributed by atoms with Gasteiger partial charge in [-0.3, -0.25) is 0 Å². The molecular formula is C9H9N3O. The van der Waals surface area contributed by atoms with Crippen molar-refractivity contribution in [1.82, 2.24) is 9.78 Å². The lowest BCUT2D eigenvalue weighted by atomic mass is 10.3. The van der Waals surface area contributed by atoms with Crippen LogP contribution in [0.3, 0.4) is 0 Å². The Labute approximate surface area is 75.2 Å². The van der Waals surface area contributed by atoms with Crippen LogP contribution in [0.1, 0.15) is 0 Å².